The zero-order chi connectivity index (χ0) is 15.6. The second kappa shape index (κ2) is 18.0. The predicted molar refractivity (Wildman–Crippen MR) is 95.0 cm³/mol. The van der Waals surface area contributed by atoms with Crippen LogP contribution in [0.15, 0.2) is 0 Å². The monoisotopic (exact) mass is 299 g/mol. The van der Waals surface area contributed by atoms with E-state index >= 15 is 0 Å². The van der Waals surface area contributed by atoms with Gasteiger partial charge in [-0.05, 0) is 32.9 Å². The predicted octanol–water partition coefficient (Wildman–Crippen LogP) is 5.70. The first-order valence-electron chi connectivity index (χ1n) is 9.63. The summed E-state index contributed by atoms with van der Waals surface area (Å²) in [7, 11) is 0. The third-order valence-corrected chi connectivity index (χ3v) is 3.91. The highest BCUT2D eigenvalue weighted by atomic mass is 16.6. The van der Waals surface area contributed by atoms with E-state index in [1.807, 2.05) is 0 Å². The highest BCUT2D eigenvalue weighted by molar-refractivity contribution is 4.58. The summed E-state index contributed by atoms with van der Waals surface area (Å²) in [5, 5.41) is 3.57. The summed E-state index contributed by atoms with van der Waals surface area (Å²) < 4.78 is 4.71. The van der Waals surface area contributed by atoms with Crippen LogP contribution in [0.3, 0.4) is 0 Å². The molecular formula is C19H41NO. The highest BCUT2D eigenvalue weighted by Crippen LogP contribution is 2.05. The molecule has 1 aliphatic rings. The van der Waals surface area contributed by atoms with E-state index in [-0.39, 0.29) is 0 Å². The van der Waals surface area contributed by atoms with Gasteiger partial charge < -0.3 is 10.1 Å². The molecule has 0 aromatic carbocycles. The molecule has 2 heteroatoms. The molecule has 1 N–H and O–H groups in total. The molecule has 0 spiro atoms. The minimum atomic E-state index is 0.583. The minimum absolute atomic E-state index is 0.583. The molecule has 1 fully saturated rings. The molecule has 0 radical (unpaired) electrons. The fourth-order valence-electron chi connectivity index (χ4n) is 2.28. The lowest BCUT2D eigenvalue weighted by Gasteiger charge is -2.04. The van der Waals surface area contributed by atoms with E-state index in [4.69, 9.17) is 4.74 Å². The number of rotatable bonds is 14. The van der Waals surface area contributed by atoms with E-state index in [1.54, 1.807) is 0 Å². The van der Waals surface area contributed by atoms with E-state index in [1.165, 1.54) is 90.1 Å². The Labute approximate surface area is 134 Å². The Morgan fingerprint density at radius 2 is 1.05 bits per heavy atom. The average Bonchev–Trinajstić information content (AvgIpc) is 3.27. The normalized spacial score (nSPS) is 16.4. The molecule has 2 nitrogen and oxygen atoms in total. The van der Waals surface area contributed by atoms with Gasteiger partial charge in [0.15, 0.2) is 0 Å². The zero-order valence-electron chi connectivity index (χ0n) is 15.1. The molecule has 21 heavy (non-hydrogen) atoms. The number of hydrogen-bond acceptors (Lipinski definition) is 2. The molecule has 1 aliphatic heterocycles. The van der Waals surface area contributed by atoms with Gasteiger partial charge >= 0.3 is 0 Å². The Bertz CT molecular complexity index is 166. The first kappa shape index (κ1) is 20.9. The third-order valence-electron chi connectivity index (χ3n) is 3.91. The molecule has 0 aromatic heterocycles. The van der Waals surface area contributed by atoms with Crippen molar-refractivity contribution in [1.82, 2.24) is 5.32 Å². The van der Waals surface area contributed by atoms with Crippen molar-refractivity contribution >= 4 is 0 Å². The molecule has 0 aromatic rings. The zero-order valence-corrected chi connectivity index (χ0v) is 15.1. The van der Waals surface area contributed by atoms with Crippen LogP contribution in [-0.2, 0) is 4.74 Å². The van der Waals surface area contributed by atoms with Crippen LogP contribution >= 0.6 is 0 Å². The lowest BCUT2D eigenvalue weighted by Crippen LogP contribution is -2.16. The first-order chi connectivity index (χ1) is 10.3. The van der Waals surface area contributed by atoms with Crippen molar-refractivity contribution in [2.24, 2.45) is 0 Å². The lowest BCUT2D eigenvalue weighted by molar-refractivity contribution is 0.423. The summed E-state index contributed by atoms with van der Waals surface area (Å²) in [5.41, 5.74) is 0. The molecule has 1 heterocycles. The summed E-state index contributed by atoms with van der Waals surface area (Å²) in [4.78, 5) is 0. The maximum Gasteiger partial charge on any atom is 0.0781 e. The Morgan fingerprint density at radius 1 is 0.714 bits per heavy atom. The summed E-state index contributed by atoms with van der Waals surface area (Å²) in [6.45, 7) is 10.1. The van der Waals surface area contributed by atoms with Crippen molar-refractivity contribution in [3.8, 4) is 0 Å². The van der Waals surface area contributed by atoms with Crippen LogP contribution in [0.4, 0.5) is 0 Å². The standard InChI is InChI=1S/C16H35N.C3H6O/c1-3-5-7-9-11-13-15-17-16-14-12-10-8-6-4-2;1-3-2-4-3/h17H,3-16H2,1-2H3;3H,2H2,1H3. The van der Waals surface area contributed by atoms with Gasteiger partial charge in [-0.25, -0.2) is 0 Å². The summed E-state index contributed by atoms with van der Waals surface area (Å²) in [6, 6.07) is 0. The van der Waals surface area contributed by atoms with E-state index in [2.05, 4.69) is 26.1 Å². The fraction of sp³-hybridized carbons (Fsp3) is 1.00. The number of unbranched alkanes of at least 4 members (excludes halogenated alkanes) is 10. The summed E-state index contributed by atoms with van der Waals surface area (Å²) in [5.74, 6) is 0. The lowest BCUT2D eigenvalue weighted by atomic mass is 10.1. The number of nitrogens with one attached hydrogen (secondary N) is 1. The van der Waals surface area contributed by atoms with Crippen LogP contribution in [-0.4, -0.2) is 25.8 Å². The van der Waals surface area contributed by atoms with Gasteiger partial charge in [0.2, 0.25) is 0 Å². The molecule has 1 rings (SSSR count). The molecule has 0 amide bonds. The van der Waals surface area contributed by atoms with Crippen molar-refractivity contribution < 1.29 is 4.74 Å². The Balaban J connectivity index is 0.000000847. The van der Waals surface area contributed by atoms with Crippen molar-refractivity contribution in [2.45, 2.75) is 104 Å². The van der Waals surface area contributed by atoms with Crippen molar-refractivity contribution in [3.05, 3.63) is 0 Å². The van der Waals surface area contributed by atoms with Crippen LogP contribution in [0, 0.1) is 0 Å². The van der Waals surface area contributed by atoms with E-state index in [0.717, 1.165) is 6.61 Å². The van der Waals surface area contributed by atoms with Crippen LogP contribution in [0.25, 0.3) is 0 Å². The van der Waals surface area contributed by atoms with Crippen molar-refractivity contribution in [1.29, 1.82) is 0 Å². The van der Waals surface area contributed by atoms with Gasteiger partial charge in [0.25, 0.3) is 0 Å². The quantitative estimate of drug-likeness (QED) is 0.328. The van der Waals surface area contributed by atoms with Gasteiger partial charge in [-0.3, -0.25) is 0 Å². The van der Waals surface area contributed by atoms with Gasteiger partial charge in [0.05, 0.1) is 12.7 Å². The molecule has 1 unspecified atom stereocenters. The van der Waals surface area contributed by atoms with Crippen LogP contribution in [0.1, 0.15) is 97.8 Å². The van der Waals surface area contributed by atoms with Gasteiger partial charge in [0.1, 0.15) is 0 Å². The van der Waals surface area contributed by atoms with Crippen molar-refractivity contribution in [2.75, 3.05) is 19.7 Å². The first-order valence-corrected chi connectivity index (χ1v) is 9.63. The molecule has 128 valence electrons. The van der Waals surface area contributed by atoms with Crippen LogP contribution in [0.5, 0.6) is 0 Å². The fourth-order valence-corrected chi connectivity index (χ4v) is 2.28. The highest BCUT2D eigenvalue weighted by Gasteiger charge is 2.13. The molecule has 1 atom stereocenters. The molecule has 0 saturated carbocycles. The number of hydrogen-bond donors (Lipinski definition) is 1. The Hall–Kier alpha value is -0.0800. The molecule has 1 saturated heterocycles. The topological polar surface area (TPSA) is 24.6 Å². The Morgan fingerprint density at radius 3 is 1.38 bits per heavy atom. The van der Waals surface area contributed by atoms with Gasteiger partial charge in [-0.2, -0.15) is 0 Å². The SMILES string of the molecule is CC1CO1.CCCCCCCCNCCCCCCCC. The van der Waals surface area contributed by atoms with Crippen LogP contribution in [0.2, 0.25) is 0 Å². The minimum Gasteiger partial charge on any atom is -0.373 e. The maximum atomic E-state index is 4.71. The second-order valence-electron chi connectivity index (χ2n) is 6.43. The summed E-state index contributed by atoms with van der Waals surface area (Å²) in [6.07, 6.45) is 17.5. The van der Waals surface area contributed by atoms with E-state index in [9.17, 15) is 0 Å². The smallest absolute Gasteiger partial charge is 0.0781 e. The molecule has 0 aliphatic carbocycles. The van der Waals surface area contributed by atoms with E-state index in [0.29, 0.717) is 6.10 Å². The number of ether oxygens (including phenoxy) is 1. The Kier molecular flexibility index (Phi) is 17.9. The summed E-state index contributed by atoms with van der Waals surface area (Å²) >= 11 is 0. The number of epoxide rings is 1. The average molecular weight is 300 g/mol. The van der Waals surface area contributed by atoms with Gasteiger partial charge in [0, 0.05) is 0 Å². The van der Waals surface area contributed by atoms with Gasteiger partial charge in [-0.1, -0.05) is 78.1 Å². The second-order valence-corrected chi connectivity index (χ2v) is 6.43. The van der Waals surface area contributed by atoms with Gasteiger partial charge in [-0.15, -0.1) is 0 Å². The van der Waals surface area contributed by atoms with E-state index < -0.39 is 0 Å². The third kappa shape index (κ3) is 22.3. The molecular weight excluding hydrogens is 258 g/mol. The largest absolute Gasteiger partial charge is 0.373 e. The molecule has 0 bridgehead atoms. The van der Waals surface area contributed by atoms with Crippen LogP contribution < -0.4 is 5.32 Å². The van der Waals surface area contributed by atoms with Crippen molar-refractivity contribution in [3.63, 3.8) is 0 Å². The maximum absolute atomic E-state index is 4.71.